The number of furan rings is 1. The van der Waals surface area contributed by atoms with Crippen molar-refractivity contribution in [1.82, 2.24) is 5.32 Å². The molecule has 5 heteroatoms. The van der Waals surface area contributed by atoms with Crippen LogP contribution in [0.2, 0.25) is 0 Å². The molecule has 0 saturated heterocycles. The summed E-state index contributed by atoms with van der Waals surface area (Å²) in [5.74, 6) is 1.38. The molecule has 1 unspecified atom stereocenters. The average Bonchev–Trinajstić information content (AvgIpc) is 2.98. The number of nitrogens with one attached hydrogen (secondary N) is 2. The highest BCUT2D eigenvalue weighted by Crippen LogP contribution is 2.17. The minimum Gasteiger partial charge on any atom is -0.497 e. The van der Waals surface area contributed by atoms with E-state index in [0.29, 0.717) is 6.54 Å². The first-order valence-corrected chi connectivity index (χ1v) is 6.39. The van der Waals surface area contributed by atoms with Crippen LogP contribution in [0.4, 0.5) is 5.69 Å². The topological polar surface area (TPSA) is 63.5 Å². The molecule has 0 spiro atoms. The van der Waals surface area contributed by atoms with Crippen LogP contribution < -0.4 is 15.4 Å². The lowest BCUT2D eigenvalue weighted by Gasteiger charge is -2.15. The molecule has 106 valence electrons. The molecular formula is C15H18N2O3. The van der Waals surface area contributed by atoms with Gasteiger partial charge in [0.05, 0.1) is 19.9 Å². The minimum atomic E-state index is -0.350. The van der Waals surface area contributed by atoms with Gasteiger partial charge in [-0.15, -0.1) is 0 Å². The second kappa shape index (κ2) is 6.65. The summed E-state index contributed by atoms with van der Waals surface area (Å²) in [5.41, 5.74) is 0.838. The van der Waals surface area contributed by atoms with E-state index < -0.39 is 0 Å². The maximum absolute atomic E-state index is 12.0. The Labute approximate surface area is 117 Å². The third kappa shape index (κ3) is 3.78. The van der Waals surface area contributed by atoms with Crippen molar-refractivity contribution in [3.8, 4) is 5.75 Å². The molecule has 0 fully saturated rings. The van der Waals surface area contributed by atoms with Gasteiger partial charge in [-0.05, 0) is 31.2 Å². The monoisotopic (exact) mass is 274 g/mol. The van der Waals surface area contributed by atoms with Gasteiger partial charge in [0.25, 0.3) is 0 Å². The van der Waals surface area contributed by atoms with Gasteiger partial charge in [0.15, 0.2) is 0 Å². The van der Waals surface area contributed by atoms with E-state index in [1.165, 1.54) is 0 Å². The van der Waals surface area contributed by atoms with E-state index in [-0.39, 0.29) is 11.9 Å². The molecule has 1 atom stereocenters. The third-order valence-electron chi connectivity index (χ3n) is 2.86. The smallest absolute Gasteiger partial charge is 0.242 e. The molecular weight excluding hydrogens is 256 g/mol. The summed E-state index contributed by atoms with van der Waals surface area (Å²) in [4.78, 5) is 12.0. The molecule has 2 N–H and O–H groups in total. The molecule has 0 radical (unpaired) electrons. The summed E-state index contributed by atoms with van der Waals surface area (Å²) in [6.07, 6.45) is 1.58. The van der Waals surface area contributed by atoms with Crippen LogP contribution in [0.25, 0.3) is 0 Å². The Kier molecular flexibility index (Phi) is 4.65. The Morgan fingerprint density at radius 3 is 2.90 bits per heavy atom. The van der Waals surface area contributed by atoms with Gasteiger partial charge < -0.3 is 19.8 Å². The molecule has 0 aliphatic rings. The van der Waals surface area contributed by atoms with E-state index >= 15 is 0 Å². The summed E-state index contributed by atoms with van der Waals surface area (Å²) < 4.78 is 10.3. The number of hydrogen-bond acceptors (Lipinski definition) is 4. The molecule has 0 aliphatic carbocycles. The highest BCUT2D eigenvalue weighted by Gasteiger charge is 2.12. The van der Waals surface area contributed by atoms with E-state index in [9.17, 15) is 4.79 Å². The molecule has 5 nitrogen and oxygen atoms in total. The summed E-state index contributed by atoms with van der Waals surface area (Å²) >= 11 is 0. The number of ether oxygens (including phenoxy) is 1. The molecule has 1 aromatic heterocycles. The number of anilines is 1. The van der Waals surface area contributed by atoms with Crippen LogP contribution in [-0.4, -0.2) is 19.1 Å². The lowest BCUT2D eigenvalue weighted by atomic mass is 10.2. The fourth-order valence-corrected chi connectivity index (χ4v) is 1.77. The largest absolute Gasteiger partial charge is 0.497 e. The zero-order chi connectivity index (χ0) is 14.4. The van der Waals surface area contributed by atoms with Gasteiger partial charge in [-0.1, -0.05) is 6.07 Å². The normalized spacial score (nSPS) is 11.7. The number of benzene rings is 1. The van der Waals surface area contributed by atoms with Gasteiger partial charge >= 0.3 is 0 Å². The van der Waals surface area contributed by atoms with E-state index in [0.717, 1.165) is 17.2 Å². The SMILES string of the molecule is COc1cccc(NC(C)C(=O)NCc2ccco2)c1. The zero-order valence-electron chi connectivity index (χ0n) is 11.6. The Balaban J connectivity index is 1.86. The van der Waals surface area contributed by atoms with Gasteiger partial charge in [-0.3, -0.25) is 4.79 Å². The second-order valence-corrected chi connectivity index (χ2v) is 4.40. The van der Waals surface area contributed by atoms with Crippen molar-refractivity contribution in [2.24, 2.45) is 0 Å². The molecule has 1 aromatic carbocycles. The van der Waals surface area contributed by atoms with Crippen molar-refractivity contribution >= 4 is 11.6 Å². The van der Waals surface area contributed by atoms with Crippen LogP contribution in [0.3, 0.4) is 0 Å². The predicted molar refractivity (Wildman–Crippen MR) is 76.6 cm³/mol. The van der Waals surface area contributed by atoms with Gasteiger partial charge in [0.1, 0.15) is 17.6 Å². The second-order valence-electron chi connectivity index (χ2n) is 4.40. The van der Waals surface area contributed by atoms with Crippen molar-refractivity contribution in [2.45, 2.75) is 19.5 Å². The first kappa shape index (κ1) is 14.0. The van der Waals surface area contributed by atoms with E-state index in [1.807, 2.05) is 30.3 Å². The van der Waals surface area contributed by atoms with E-state index in [4.69, 9.17) is 9.15 Å². The lowest BCUT2D eigenvalue weighted by molar-refractivity contribution is -0.121. The van der Waals surface area contributed by atoms with Crippen molar-refractivity contribution in [3.05, 3.63) is 48.4 Å². The lowest BCUT2D eigenvalue weighted by Crippen LogP contribution is -2.37. The molecule has 20 heavy (non-hydrogen) atoms. The highest BCUT2D eigenvalue weighted by molar-refractivity contribution is 5.84. The maximum Gasteiger partial charge on any atom is 0.242 e. The highest BCUT2D eigenvalue weighted by atomic mass is 16.5. The summed E-state index contributed by atoms with van der Waals surface area (Å²) in [6, 6.07) is 10.7. The standard InChI is InChI=1S/C15H18N2O3/c1-11(15(18)16-10-14-7-4-8-20-14)17-12-5-3-6-13(9-12)19-2/h3-9,11,17H,10H2,1-2H3,(H,16,18). The van der Waals surface area contributed by atoms with Crippen LogP contribution >= 0.6 is 0 Å². The zero-order valence-corrected chi connectivity index (χ0v) is 11.6. The van der Waals surface area contributed by atoms with Crippen molar-refractivity contribution in [3.63, 3.8) is 0 Å². The summed E-state index contributed by atoms with van der Waals surface area (Å²) in [7, 11) is 1.61. The van der Waals surface area contributed by atoms with Crippen LogP contribution in [0.1, 0.15) is 12.7 Å². The average molecular weight is 274 g/mol. The first-order chi connectivity index (χ1) is 9.69. The quantitative estimate of drug-likeness (QED) is 0.849. The Morgan fingerprint density at radius 1 is 1.35 bits per heavy atom. The van der Waals surface area contributed by atoms with E-state index in [2.05, 4.69) is 10.6 Å². The molecule has 2 aromatic rings. The maximum atomic E-state index is 12.0. The Bertz CT molecular complexity index is 552. The number of hydrogen-bond donors (Lipinski definition) is 2. The molecule has 2 rings (SSSR count). The summed E-state index contributed by atoms with van der Waals surface area (Å²) in [6.45, 7) is 2.19. The Morgan fingerprint density at radius 2 is 2.20 bits per heavy atom. The number of carbonyl (C=O) groups is 1. The molecule has 1 amide bonds. The van der Waals surface area contributed by atoms with Gasteiger partial charge in [-0.2, -0.15) is 0 Å². The number of rotatable bonds is 6. The third-order valence-corrected chi connectivity index (χ3v) is 2.86. The molecule has 0 bridgehead atoms. The molecule has 1 heterocycles. The summed E-state index contributed by atoms with van der Waals surface area (Å²) in [5, 5.41) is 5.93. The molecule has 0 aliphatic heterocycles. The number of methoxy groups -OCH3 is 1. The van der Waals surface area contributed by atoms with Crippen LogP contribution in [-0.2, 0) is 11.3 Å². The van der Waals surface area contributed by atoms with Crippen molar-refractivity contribution < 1.29 is 13.9 Å². The van der Waals surface area contributed by atoms with Crippen LogP contribution in [0.15, 0.2) is 47.1 Å². The van der Waals surface area contributed by atoms with Crippen molar-refractivity contribution in [2.75, 3.05) is 12.4 Å². The fraction of sp³-hybridized carbons (Fsp3) is 0.267. The van der Waals surface area contributed by atoms with E-state index in [1.54, 1.807) is 26.4 Å². The predicted octanol–water partition coefficient (Wildman–Crippen LogP) is 2.41. The van der Waals surface area contributed by atoms with Gasteiger partial charge in [0, 0.05) is 11.8 Å². The van der Waals surface area contributed by atoms with Gasteiger partial charge in [0.2, 0.25) is 5.91 Å². The first-order valence-electron chi connectivity index (χ1n) is 6.39. The van der Waals surface area contributed by atoms with Crippen molar-refractivity contribution in [1.29, 1.82) is 0 Å². The number of amides is 1. The van der Waals surface area contributed by atoms with Gasteiger partial charge in [-0.25, -0.2) is 0 Å². The van der Waals surface area contributed by atoms with Crippen LogP contribution in [0.5, 0.6) is 5.75 Å². The number of carbonyl (C=O) groups excluding carboxylic acids is 1. The fourth-order valence-electron chi connectivity index (χ4n) is 1.77. The minimum absolute atomic E-state index is 0.0933. The van der Waals surface area contributed by atoms with Crippen LogP contribution in [0, 0.1) is 0 Å². The Hall–Kier alpha value is -2.43. The molecule has 0 saturated carbocycles.